The maximum absolute atomic E-state index is 2.48. The van der Waals surface area contributed by atoms with Gasteiger partial charge in [0.1, 0.15) is 0 Å². The lowest BCUT2D eigenvalue weighted by molar-refractivity contribution is 0.667. The van der Waals surface area contributed by atoms with Crippen molar-refractivity contribution in [3.05, 3.63) is 236 Å². The van der Waals surface area contributed by atoms with E-state index in [0.717, 1.165) is 0 Å². The van der Waals surface area contributed by atoms with Crippen molar-refractivity contribution in [2.24, 2.45) is 0 Å². The van der Waals surface area contributed by atoms with Gasteiger partial charge in [0.05, 0.1) is 11.0 Å². The second-order valence-electron chi connectivity index (χ2n) is 18.8. The number of hydrogen-bond donors (Lipinski definition) is 0. The Balaban J connectivity index is 0.918. The molecule has 0 saturated carbocycles. The summed E-state index contributed by atoms with van der Waals surface area (Å²) in [6.45, 7) is 4.83. The van der Waals surface area contributed by atoms with E-state index in [9.17, 15) is 0 Å². The molecule has 1 nitrogen and oxygen atoms in total. The van der Waals surface area contributed by atoms with Gasteiger partial charge < -0.3 is 4.57 Å². The van der Waals surface area contributed by atoms with Crippen LogP contribution in [-0.2, 0) is 5.41 Å². The van der Waals surface area contributed by atoms with Crippen LogP contribution in [0.4, 0.5) is 0 Å². The summed E-state index contributed by atoms with van der Waals surface area (Å²) in [5, 5.41) is 15.4. The van der Waals surface area contributed by atoms with Crippen LogP contribution in [-0.4, -0.2) is 4.57 Å². The van der Waals surface area contributed by atoms with Crippen molar-refractivity contribution in [1.82, 2.24) is 4.57 Å². The quantitative estimate of drug-likeness (QED) is 0.123. The summed E-state index contributed by atoms with van der Waals surface area (Å²) in [5.74, 6) is 0. The third-order valence-electron chi connectivity index (χ3n) is 14.9. The number of benzene rings is 12. The van der Waals surface area contributed by atoms with Gasteiger partial charge in [0.2, 0.25) is 0 Å². The van der Waals surface area contributed by atoms with Crippen molar-refractivity contribution < 1.29 is 0 Å². The van der Waals surface area contributed by atoms with Gasteiger partial charge in [0.25, 0.3) is 0 Å². The monoisotopic (exact) mass is 837 g/mol. The average Bonchev–Trinajstić information content (AvgIpc) is 3.82. The van der Waals surface area contributed by atoms with E-state index in [2.05, 4.69) is 243 Å². The zero-order valence-electron chi connectivity index (χ0n) is 36.8. The standard InChI is InChI=1S/C65H43N/c1-65(2)58-39-45-36-41(31-32-42(45)37-57(58)63-50-24-8-6-21-47(50)48-22-7-13-29-55(48)64(63)65)40-17-16-18-43(35-40)61-51-25-9-11-27-53(51)62(54-28-12-10-26-52(54)61)44-33-34-60-56(38-44)49-23-14-15-30-59(49)66(60)46-19-4-3-5-20-46/h3-39H,1-2H3. The highest BCUT2D eigenvalue weighted by molar-refractivity contribution is 6.23. The molecule has 0 amide bonds. The largest absolute Gasteiger partial charge is 0.309 e. The Labute approximate surface area is 383 Å². The first kappa shape index (κ1) is 37.1. The fourth-order valence-electron chi connectivity index (χ4n) is 12.0. The highest BCUT2D eigenvalue weighted by Gasteiger charge is 2.38. The maximum atomic E-state index is 2.48. The predicted molar refractivity (Wildman–Crippen MR) is 282 cm³/mol. The van der Waals surface area contributed by atoms with E-state index in [1.807, 2.05) is 0 Å². The summed E-state index contributed by atoms with van der Waals surface area (Å²) in [7, 11) is 0. The molecule has 0 radical (unpaired) electrons. The van der Waals surface area contributed by atoms with Crippen molar-refractivity contribution in [3.8, 4) is 50.2 Å². The molecule has 0 aliphatic heterocycles. The average molecular weight is 838 g/mol. The molecule has 14 rings (SSSR count). The Morgan fingerprint density at radius 2 is 0.803 bits per heavy atom. The number of fused-ring (bicyclic) bond motifs is 14. The van der Waals surface area contributed by atoms with E-state index >= 15 is 0 Å². The molecule has 1 heterocycles. The Bertz CT molecular complexity index is 4130. The van der Waals surface area contributed by atoms with Crippen molar-refractivity contribution >= 4 is 75.7 Å². The van der Waals surface area contributed by atoms with E-state index in [0.29, 0.717) is 0 Å². The molecule has 0 bridgehead atoms. The maximum Gasteiger partial charge on any atom is 0.0541 e. The second-order valence-corrected chi connectivity index (χ2v) is 18.8. The zero-order chi connectivity index (χ0) is 43.7. The van der Waals surface area contributed by atoms with Crippen molar-refractivity contribution in [3.63, 3.8) is 0 Å². The third kappa shape index (κ3) is 5.23. The number of para-hydroxylation sites is 2. The molecule has 0 fully saturated rings. The molecule has 0 unspecified atom stereocenters. The van der Waals surface area contributed by atoms with Crippen LogP contribution < -0.4 is 0 Å². The van der Waals surface area contributed by atoms with Gasteiger partial charge in [0.15, 0.2) is 0 Å². The van der Waals surface area contributed by atoms with Crippen molar-refractivity contribution in [2.75, 3.05) is 0 Å². The molecule has 13 aromatic rings. The third-order valence-corrected chi connectivity index (χ3v) is 14.9. The van der Waals surface area contributed by atoms with Crippen LogP contribution >= 0.6 is 0 Å². The van der Waals surface area contributed by atoms with Crippen molar-refractivity contribution in [2.45, 2.75) is 19.3 Å². The van der Waals surface area contributed by atoms with Crippen LogP contribution in [0.1, 0.15) is 25.0 Å². The molecule has 1 aromatic heterocycles. The molecule has 1 aliphatic rings. The van der Waals surface area contributed by atoms with E-state index < -0.39 is 0 Å². The summed E-state index contributed by atoms with van der Waals surface area (Å²) in [5.41, 5.74) is 16.5. The fraction of sp³-hybridized carbons (Fsp3) is 0.0462. The molecule has 0 atom stereocenters. The van der Waals surface area contributed by atoms with E-state index in [4.69, 9.17) is 0 Å². The zero-order valence-corrected chi connectivity index (χ0v) is 36.8. The first-order valence-corrected chi connectivity index (χ1v) is 23.2. The molecule has 308 valence electrons. The minimum Gasteiger partial charge on any atom is -0.309 e. The SMILES string of the molecule is CC1(C)c2cc3cc(-c4cccc(-c5c6ccccc6c(-c6ccc7c(c6)c6ccccc6n7-c6ccccc6)c6ccccc56)c4)ccc3cc2-c2c1c1ccccc1c1ccccc21. The summed E-state index contributed by atoms with van der Waals surface area (Å²) in [6.07, 6.45) is 0. The second kappa shape index (κ2) is 13.9. The molecule has 0 spiro atoms. The summed E-state index contributed by atoms with van der Waals surface area (Å²) in [6, 6.07) is 83.8. The van der Waals surface area contributed by atoms with Crippen LogP contribution in [0.15, 0.2) is 224 Å². The number of rotatable bonds is 4. The van der Waals surface area contributed by atoms with Gasteiger partial charge in [-0.1, -0.05) is 184 Å². The first-order chi connectivity index (χ1) is 32.5. The number of aromatic nitrogens is 1. The molecular formula is C65H43N. The Morgan fingerprint density at radius 3 is 1.48 bits per heavy atom. The van der Waals surface area contributed by atoms with Crippen molar-refractivity contribution in [1.29, 1.82) is 0 Å². The smallest absolute Gasteiger partial charge is 0.0541 e. The Morgan fingerprint density at radius 1 is 0.303 bits per heavy atom. The minimum atomic E-state index is -0.153. The molecule has 66 heavy (non-hydrogen) atoms. The molecule has 0 saturated heterocycles. The molecule has 12 aromatic carbocycles. The van der Waals surface area contributed by atoms with Gasteiger partial charge in [-0.05, 0) is 164 Å². The van der Waals surface area contributed by atoms with Gasteiger partial charge in [-0.2, -0.15) is 0 Å². The summed E-state index contributed by atoms with van der Waals surface area (Å²) < 4.78 is 2.39. The number of hydrogen-bond acceptors (Lipinski definition) is 0. The first-order valence-electron chi connectivity index (χ1n) is 23.2. The van der Waals surface area contributed by atoms with Crippen LogP contribution in [0.3, 0.4) is 0 Å². The minimum absolute atomic E-state index is 0.153. The van der Waals surface area contributed by atoms with Crippen LogP contribution in [0, 0.1) is 0 Å². The van der Waals surface area contributed by atoms with Gasteiger partial charge in [-0.25, -0.2) is 0 Å². The topological polar surface area (TPSA) is 4.93 Å². The fourth-order valence-corrected chi connectivity index (χ4v) is 12.0. The molecule has 0 N–H and O–H groups in total. The van der Waals surface area contributed by atoms with Crippen LogP contribution in [0.25, 0.3) is 126 Å². The van der Waals surface area contributed by atoms with Gasteiger partial charge >= 0.3 is 0 Å². The van der Waals surface area contributed by atoms with Gasteiger partial charge in [0, 0.05) is 21.9 Å². The number of nitrogens with zero attached hydrogens (tertiary/aromatic N) is 1. The van der Waals surface area contributed by atoms with E-state index in [-0.39, 0.29) is 5.41 Å². The van der Waals surface area contributed by atoms with E-state index in [1.54, 1.807) is 0 Å². The van der Waals surface area contributed by atoms with Crippen LogP contribution in [0.2, 0.25) is 0 Å². The Kier molecular flexibility index (Phi) is 7.81. The van der Waals surface area contributed by atoms with Gasteiger partial charge in [-0.3, -0.25) is 0 Å². The normalized spacial score (nSPS) is 13.1. The molecule has 1 heteroatoms. The van der Waals surface area contributed by atoms with Crippen LogP contribution in [0.5, 0.6) is 0 Å². The lowest BCUT2D eigenvalue weighted by atomic mass is 9.79. The Hall–Kier alpha value is -8.26. The van der Waals surface area contributed by atoms with Gasteiger partial charge in [-0.15, -0.1) is 0 Å². The molecule has 1 aliphatic carbocycles. The summed E-state index contributed by atoms with van der Waals surface area (Å²) in [4.78, 5) is 0. The highest BCUT2D eigenvalue weighted by Crippen LogP contribution is 2.55. The lowest BCUT2D eigenvalue weighted by Crippen LogP contribution is -2.15. The predicted octanol–water partition coefficient (Wildman–Crippen LogP) is 17.9. The highest BCUT2D eigenvalue weighted by atomic mass is 15.0. The molecular weight excluding hydrogens is 795 g/mol. The summed E-state index contributed by atoms with van der Waals surface area (Å²) >= 11 is 0. The lowest BCUT2D eigenvalue weighted by Gasteiger charge is -2.24. The van der Waals surface area contributed by atoms with E-state index in [1.165, 1.54) is 137 Å².